The molecule has 0 atom stereocenters. The number of esters is 1. The van der Waals surface area contributed by atoms with Gasteiger partial charge in [-0.05, 0) is 28.8 Å². The minimum Gasteiger partial charge on any atom is -0.416 e. The lowest BCUT2D eigenvalue weighted by atomic mass is 9.80. The van der Waals surface area contributed by atoms with Crippen LogP contribution >= 0.6 is 0 Å². The SMILES string of the molecule is O=C(Oc1c(F)c(F)c(F)c(F)c1F)c1ccc(C(OCCOCCOCCOCCO)(c2ccccc2)c2ccccc2)cc1. The second-order valence-corrected chi connectivity index (χ2v) is 9.69. The molecule has 7 nitrogen and oxygen atoms in total. The van der Waals surface area contributed by atoms with E-state index in [9.17, 15) is 26.7 Å². The number of ether oxygens (including phenoxy) is 5. The van der Waals surface area contributed by atoms with Gasteiger partial charge < -0.3 is 28.8 Å². The Bertz CT molecular complexity index is 1490. The van der Waals surface area contributed by atoms with Gasteiger partial charge in [-0.3, -0.25) is 0 Å². The van der Waals surface area contributed by atoms with Gasteiger partial charge in [0.05, 0.1) is 58.4 Å². The zero-order valence-electron chi connectivity index (χ0n) is 24.5. The lowest BCUT2D eigenvalue weighted by Gasteiger charge is -2.36. The fraction of sp³-hybridized carbons (Fsp3) is 0.265. The highest BCUT2D eigenvalue weighted by Crippen LogP contribution is 2.40. The maximum Gasteiger partial charge on any atom is 0.343 e. The van der Waals surface area contributed by atoms with Crippen LogP contribution in [0.1, 0.15) is 27.0 Å². The van der Waals surface area contributed by atoms with E-state index < -0.39 is 46.4 Å². The van der Waals surface area contributed by atoms with Crippen LogP contribution in [0.15, 0.2) is 84.9 Å². The lowest BCUT2D eigenvalue weighted by Crippen LogP contribution is -2.34. The number of benzene rings is 4. The van der Waals surface area contributed by atoms with E-state index in [0.29, 0.717) is 32.0 Å². The fourth-order valence-corrected chi connectivity index (χ4v) is 4.62. The lowest BCUT2D eigenvalue weighted by molar-refractivity contribution is -0.0375. The quantitative estimate of drug-likeness (QED) is 0.0289. The molecule has 0 saturated carbocycles. The number of rotatable bonds is 17. The summed E-state index contributed by atoms with van der Waals surface area (Å²) in [5.41, 5.74) is 0.612. The minimum atomic E-state index is -2.36. The van der Waals surface area contributed by atoms with Gasteiger partial charge in [-0.25, -0.2) is 18.0 Å². The van der Waals surface area contributed by atoms with Gasteiger partial charge in [-0.15, -0.1) is 0 Å². The van der Waals surface area contributed by atoms with Crippen LogP contribution in [0, 0.1) is 29.1 Å². The number of carbonyl (C=O) groups excluding carboxylic acids is 1. The molecular formula is C34H31F5O7. The molecule has 0 aliphatic heterocycles. The Balaban J connectivity index is 1.55. The zero-order valence-corrected chi connectivity index (χ0v) is 24.5. The summed E-state index contributed by atoms with van der Waals surface area (Å²) in [6.45, 7) is 1.86. The van der Waals surface area contributed by atoms with Crippen LogP contribution in [-0.2, 0) is 24.5 Å². The Morgan fingerprint density at radius 3 is 1.43 bits per heavy atom. The van der Waals surface area contributed by atoms with Gasteiger partial charge in [0.1, 0.15) is 5.60 Å². The Morgan fingerprint density at radius 2 is 0.957 bits per heavy atom. The van der Waals surface area contributed by atoms with Crippen LogP contribution < -0.4 is 4.74 Å². The molecule has 46 heavy (non-hydrogen) atoms. The molecule has 0 aliphatic rings. The number of halogens is 5. The van der Waals surface area contributed by atoms with Crippen molar-refractivity contribution < 1.29 is 55.5 Å². The van der Waals surface area contributed by atoms with Gasteiger partial charge in [-0.2, -0.15) is 8.78 Å². The molecule has 0 radical (unpaired) electrons. The summed E-state index contributed by atoms with van der Waals surface area (Å²) in [5.74, 6) is -14.4. The van der Waals surface area contributed by atoms with E-state index in [0.717, 1.165) is 11.1 Å². The van der Waals surface area contributed by atoms with E-state index in [4.69, 9.17) is 24.1 Å². The molecule has 4 rings (SSSR count). The van der Waals surface area contributed by atoms with Crippen molar-refractivity contribution in [2.24, 2.45) is 0 Å². The Labute approximate surface area is 262 Å². The van der Waals surface area contributed by atoms with Crippen molar-refractivity contribution in [1.29, 1.82) is 0 Å². The van der Waals surface area contributed by atoms with Crippen LogP contribution in [0.5, 0.6) is 5.75 Å². The molecule has 0 unspecified atom stereocenters. The molecule has 0 saturated heterocycles. The molecule has 0 amide bonds. The highest BCUT2D eigenvalue weighted by Gasteiger charge is 2.38. The number of aliphatic hydroxyl groups excluding tert-OH is 1. The van der Waals surface area contributed by atoms with Crippen LogP contribution in [0.3, 0.4) is 0 Å². The van der Waals surface area contributed by atoms with Gasteiger partial charge >= 0.3 is 5.97 Å². The normalized spacial score (nSPS) is 11.5. The second-order valence-electron chi connectivity index (χ2n) is 9.69. The third-order valence-electron chi connectivity index (χ3n) is 6.78. The summed E-state index contributed by atoms with van der Waals surface area (Å²) in [6.07, 6.45) is 0. The van der Waals surface area contributed by atoms with Gasteiger partial charge in [0.25, 0.3) is 0 Å². The molecule has 4 aromatic carbocycles. The zero-order chi connectivity index (χ0) is 32.9. The van der Waals surface area contributed by atoms with Crippen molar-refractivity contribution in [2.45, 2.75) is 5.60 Å². The van der Waals surface area contributed by atoms with Gasteiger partial charge in [-0.1, -0.05) is 72.8 Å². The fourth-order valence-electron chi connectivity index (χ4n) is 4.62. The standard InChI is InChI=1S/C34H31F5O7/c35-27-28(36)30(38)32(31(39)29(27)37)46-33(41)23-11-13-26(14-12-23)34(24-7-3-1-4-8-24,25-9-5-2-6-10-25)45-22-21-44-20-19-43-18-17-42-16-15-40/h1-14,40H,15-22H2. The molecule has 0 fully saturated rings. The molecule has 0 bridgehead atoms. The summed E-state index contributed by atoms with van der Waals surface area (Å²) in [7, 11) is 0. The first-order valence-corrected chi connectivity index (χ1v) is 14.2. The summed E-state index contributed by atoms with van der Waals surface area (Å²) < 4.78 is 96.3. The summed E-state index contributed by atoms with van der Waals surface area (Å²) >= 11 is 0. The van der Waals surface area contributed by atoms with Crippen LogP contribution in [0.2, 0.25) is 0 Å². The first-order valence-electron chi connectivity index (χ1n) is 14.2. The Kier molecular flexibility index (Phi) is 12.8. The van der Waals surface area contributed by atoms with E-state index in [1.165, 1.54) is 12.1 Å². The third-order valence-corrected chi connectivity index (χ3v) is 6.78. The van der Waals surface area contributed by atoms with Crippen LogP contribution in [0.4, 0.5) is 22.0 Å². The molecule has 0 spiro atoms. The molecule has 1 N–H and O–H groups in total. The van der Waals surface area contributed by atoms with E-state index in [-0.39, 0.29) is 32.0 Å². The molecule has 244 valence electrons. The average molecular weight is 647 g/mol. The maximum absolute atomic E-state index is 14.1. The topological polar surface area (TPSA) is 83.5 Å². The molecule has 12 heteroatoms. The highest BCUT2D eigenvalue weighted by molar-refractivity contribution is 5.91. The van der Waals surface area contributed by atoms with Crippen LogP contribution in [0.25, 0.3) is 0 Å². The second kappa shape index (κ2) is 16.9. The van der Waals surface area contributed by atoms with E-state index >= 15 is 0 Å². The smallest absolute Gasteiger partial charge is 0.343 e. The van der Waals surface area contributed by atoms with Crippen LogP contribution in [-0.4, -0.2) is 63.9 Å². The van der Waals surface area contributed by atoms with E-state index in [1.807, 2.05) is 60.7 Å². The Morgan fingerprint density at radius 1 is 0.543 bits per heavy atom. The predicted molar refractivity (Wildman–Crippen MR) is 156 cm³/mol. The predicted octanol–water partition coefficient (Wildman–Crippen LogP) is 5.95. The van der Waals surface area contributed by atoms with Crippen molar-refractivity contribution >= 4 is 5.97 Å². The van der Waals surface area contributed by atoms with Crippen molar-refractivity contribution in [3.8, 4) is 5.75 Å². The molecule has 4 aromatic rings. The first kappa shape index (κ1) is 34.7. The average Bonchev–Trinajstić information content (AvgIpc) is 3.10. The number of aliphatic hydroxyl groups is 1. The summed E-state index contributed by atoms with van der Waals surface area (Å²) in [6, 6.07) is 24.2. The van der Waals surface area contributed by atoms with Gasteiger partial charge in [0.15, 0.2) is 0 Å². The molecule has 0 aromatic heterocycles. The van der Waals surface area contributed by atoms with Crippen molar-refractivity contribution in [2.75, 3.05) is 52.9 Å². The summed E-state index contributed by atoms with van der Waals surface area (Å²) in [4.78, 5) is 12.7. The monoisotopic (exact) mass is 646 g/mol. The Hall–Kier alpha value is -4.20. The van der Waals surface area contributed by atoms with E-state index in [1.54, 1.807) is 12.1 Å². The van der Waals surface area contributed by atoms with Gasteiger partial charge in [0.2, 0.25) is 34.8 Å². The first-order chi connectivity index (χ1) is 22.3. The summed E-state index contributed by atoms with van der Waals surface area (Å²) in [5, 5.41) is 8.72. The van der Waals surface area contributed by atoms with Gasteiger partial charge in [0, 0.05) is 0 Å². The van der Waals surface area contributed by atoms with Crippen molar-refractivity contribution in [3.05, 3.63) is 136 Å². The van der Waals surface area contributed by atoms with E-state index in [2.05, 4.69) is 4.74 Å². The molecule has 0 heterocycles. The molecule has 0 aliphatic carbocycles. The number of hydrogen-bond donors (Lipinski definition) is 1. The molecular weight excluding hydrogens is 615 g/mol. The third kappa shape index (κ3) is 8.14. The minimum absolute atomic E-state index is 0.0577. The van der Waals surface area contributed by atoms with Crippen molar-refractivity contribution in [1.82, 2.24) is 0 Å². The highest BCUT2D eigenvalue weighted by atomic mass is 19.2. The number of carbonyl (C=O) groups is 1. The largest absolute Gasteiger partial charge is 0.416 e. The number of hydrogen-bond acceptors (Lipinski definition) is 7. The maximum atomic E-state index is 14.1. The van der Waals surface area contributed by atoms with Crippen molar-refractivity contribution in [3.63, 3.8) is 0 Å².